The van der Waals surface area contributed by atoms with Gasteiger partial charge in [0.15, 0.2) is 0 Å². The second-order valence-corrected chi connectivity index (χ2v) is 5.73. The van der Waals surface area contributed by atoms with Gasteiger partial charge in [-0.25, -0.2) is 4.79 Å². The van der Waals surface area contributed by atoms with Gasteiger partial charge in [0.1, 0.15) is 5.41 Å². The number of ether oxygens (including phenoxy) is 1. The second-order valence-electron chi connectivity index (χ2n) is 5.73. The van der Waals surface area contributed by atoms with Gasteiger partial charge in [-0.3, -0.25) is 4.79 Å². The maximum atomic E-state index is 12.1. The molecule has 1 saturated heterocycles. The number of carbonyl (C=O) groups excluding carboxylic acids is 1. The Labute approximate surface area is 120 Å². The average Bonchev–Trinajstić information content (AvgIpc) is 2.79. The zero-order valence-corrected chi connectivity index (χ0v) is 12.8. The van der Waals surface area contributed by atoms with E-state index >= 15 is 0 Å². The molecule has 1 aliphatic rings. The Kier molecular flexibility index (Phi) is 5.39. The molecule has 0 spiro atoms. The van der Waals surface area contributed by atoms with Crippen molar-refractivity contribution >= 4 is 12.0 Å². The number of aliphatic carboxylic acids is 1. The third-order valence-corrected chi connectivity index (χ3v) is 4.66. The summed E-state index contributed by atoms with van der Waals surface area (Å²) >= 11 is 0. The third kappa shape index (κ3) is 3.23. The van der Waals surface area contributed by atoms with E-state index in [-0.39, 0.29) is 24.8 Å². The molecule has 1 aliphatic heterocycles. The van der Waals surface area contributed by atoms with E-state index in [0.29, 0.717) is 0 Å². The molecule has 2 atom stereocenters. The predicted molar refractivity (Wildman–Crippen MR) is 75.6 cm³/mol. The third-order valence-electron chi connectivity index (χ3n) is 4.66. The molecule has 0 aromatic rings. The van der Waals surface area contributed by atoms with Crippen LogP contribution in [0.3, 0.4) is 0 Å². The molecule has 0 aliphatic carbocycles. The lowest BCUT2D eigenvalue weighted by molar-refractivity contribution is -0.148. The van der Waals surface area contributed by atoms with E-state index in [4.69, 9.17) is 4.74 Å². The van der Waals surface area contributed by atoms with Crippen LogP contribution >= 0.6 is 0 Å². The van der Waals surface area contributed by atoms with Crippen molar-refractivity contribution in [3.8, 4) is 0 Å². The molecule has 2 amide bonds. The van der Waals surface area contributed by atoms with Gasteiger partial charge in [0.2, 0.25) is 0 Å². The van der Waals surface area contributed by atoms with Crippen LogP contribution in [0.2, 0.25) is 0 Å². The summed E-state index contributed by atoms with van der Waals surface area (Å²) in [5.41, 5.74) is -1.30. The zero-order chi connectivity index (χ0) is 15.4. The Hall–Kier alpha value is -1.30. The topological polar surface area (TPSA) is 87.7 Å². The minimum atomic E-state index is -1.06. The molecule has 6 heteroatoms. The maximum Gasteiger partial charge on any atom is 0.315 e. The van der Waals surface area contributed by atoms with E-state index in [1.54, 1.807) is 6.92 Å². The Morgan fingerprint density at radius 2 is 1.85 bits per heavy atom. The van der Waals surface area contributed by atoms with Crippen LogP contribution in [0.25, 0.3) is 0 Å². The van der Waals surface area contributed by atoms with Crippen LogP contribution in [-0.4, -0.2) is 41.9 Å². The number of amides is 2. The molecule has 0 aromatic heterocycles. The van der Waals surface area contributed by atoms with Crippen LogP contribution < -0.4 is 10.6 Å². The fraction of sp³-hybridized carbons (Fsp3) is 0.857. The first kappa shape index (κ1) is 16.8. The number of nitrogens with one attached hydrogen (secondary N) is 2. The van der Waals surface area contributed by atoms with Gasteiger partial charge in [-0.1, -0.05) is 20.8 Å². The first-order valence-electron chi connectivity index (χ1n) is 7.23. The highest BCUT2D eigenvalue weighted by molar-refractivity contribution is 5.79. The van der Waals surface area contributed by atoms with Gasteiger partial charge in [0.25, 0.3) is 0 Å². The van der Waals surface area contributed by atoms with Crippen molar-refractivity contribution in [2.45, 2.75) is 58.5 Å². The zero-order valence-electron chi connectivity index (χ0n) is 12.8. The summed E-state index contributed by atoms with van der Waals surface area (Å²) in [6.07, 6.45) is 2.51. The molecular weight excluding hydrogens is 260 g/mol. The number of hydrogen-bond donors (Lipinski definition) is 3. The number of carboxylic acid groups (broad SMARTS) is 1. The first-order chi connectivity index (χ1) is 9.33. The van der Waals surface area contributed by atoms with Gasteiger partial charge in [-0.15, -0.1) is 0 Å². The normalized spacial score (nSPS) is 26.3. The molecule has 6 nitrogen and oxygen atoms in total. The van der Waals surface area contributed by atoms with E-state index in [1.165, 1.54) is 0 Å². The summed E-state index contributed by atoms with van der Waals surface area (Å²) in [7, 11) is 0. The van der Waals surface area contributed by atoms with Crippen LogP contribution in [0, 0.1) is 5.41 Å². The average molecular weight is 286 g/mol. The van der Waals surface area contributed by atoms with E-state index in [1.807, 2.05) is 20.8 Å². The summed E-state index contributed by atoms with van der Waals surface area (Å²) in [5.74, 6) is -0.951. The van der Waals surface area contributed by atoms with Crippen molar-refractivity contribution in [2.24, 2.45) is 5.41 Å². The summed E-state index contributed by atoms with van der Waals surface area (Å²) in [6, 6.07) is -0.832. The first-order valence-corrected chi connectivity index (χ1v) is 7.23. The summed E-state index contributed by atoms with van der Waals surface area (Å²) in [4.78, 5) is 23.4. The van der Waals surface area contributed by atoms with Crippen molar-refractivity contribution in [2.75, 3.05) is 13.2 Å². The van der Waals surface area contributed by atoms with Crippen molar-refractivity contribution in [1.82, 2.24) is 10.6 Å². The lowest BCUT2D eigenvalue weighted by atomic mass is 9.85. The molecule has 2 unspecified atom stereocenters. The van der Waals surface area contributed by atoms with Gasteiger partial charge >= 0.3 is 12.0 Å². The molecule has 0 aromatic carbocycles. The largest absolute Gasteiger partial charge is 0.481 e. The predicted octanol–water partition coefficient (Wildman–Crippen LogP) is 1.74. The number of urea groups is 1. The highest BCUT2D eigenvalue weighted by atomic mass is 16.5. The minimum absolute atomic E-state index is 0.119. The molecular formula is C14H26N2O4. The SMILES string of the molecule is CCC(CC)(CC)NC(=O)NC1COCC1(C)C(=O)O. The van der Waals surface area contributed by atoms with E-state index in [9.17, 15) is 14.7 Å². The molecule has 20 heavy (non-hydrogen) atoms. The van der Waals surface area contributed by atoms with E-state index in [0.717, 1.165) is 19.3 Å². The van der Waals surface area contributed by atoms with Crippen LogP contribution in [0.4, 0.5) is 4.79 Å². The van der Waals surface area contributed by atoms with Crippen molar-refractivity contribution < 1.29 is 19.4 Å². The monoisotopic (exact) mass is 286 g/mol. The fourth-order valence-electron chi connectivity index (χ4n) is 2.54. The summed E-state index contributed by atoms with van der Waals surface area (Å²) < 4.78 is 5.22. The Morgan fingerprint density at radius 3 is 2.30 bits per heavy atom. The van der Waals surface area contributed by atoms with Gasteiger partial charge in [-0.2, -0.15) is 0 Å². The smallest absolute Gasteiger partial charge is 0.315 e. The van der Waals surface area contributed by atoms with Gasteiger partial charge < -0.3 is 20.5 Å². The van der Waals surface area contributed by atoms with Crippen molar-refractivity contribution in [3.63, 3.8) is 0 Å². The molecule has 1 heterocycles. The maximum absolute atomic E-state index is 12.1. The highest BCUT2D eigenvalue weighted by Gasteiger charge is 2.47. The number of rotatable bonds is 6. The van der Waals surface area contributed by atoms with Crippen molar-refractivity contribution in [3.05, 3.63) is 0 Å². The van der Waals surface area contributed by atoms with Crippen LogP contribution in [0.5, 0.6) is 0 Å². The minimum Gasteiger partial charge on any atom is -0.481 e. The molecule has 3 N–H and O–H groups in total. The molecule has 116 valence electrons. The molecule has 0 saturated carbocycles. The van der Waals surface area contributed by atoms with E-state index in [2.05, 4.69) is 10.6 Å². The highest BCUT2D eigenvalue weighted by Crippen LogP contribution is 2.29. The Balaban J connectivity index is 2.69. The van der Waals surface area contributed by atoms with Gasteiger partial charge in [-0.05, 0) is 26.2 Å². The summed E-state index contributed by atoms with van der Waals surface area (Å²) in [5, 5.41) is 15.0. The van der Waals surface area contributed by atoms with Gasteiger partial charge in [0, 0.05) is 5.54 Å². The Bertz CT molecular complexity index is 360. The quantitative estimate of drug-likeness (QED) is 0.694. The van der Waals surface area contributed by atoms with E-state index < -0.39 is 17.4 Å². The molecule has 0 radical (unpaired) electrons. The standard InChI is InChI=1S/C14H26N2O4/c1-5-14(6-2,7-3)16-12(19)15-10-8-20-9-13(10,4)11(17)18/h10H,5-9H2,1-4H3,(H,17,18)(H2,15,16,19). The van der Waals surface area contributed by atoms with Crippen LogP contribution in [0.15, 0.2) is 0 Å². The Morgan fingerprint density at radius 1 is 1.30 bits per heavy atom. The molecule has 1 rings (SSSR count). The number of hydrogen-bond acceptors (Lipinski definition) is 3. The van der Waals surface area contributed by atoms with Crippen LogP contribution in [-0.2, 0) is 9.53 Å². The molecule has 1 fully saturated rings. The molecule has 0 bridgehead atoms. The lowest BCUT2D eigenvalue weighted by Crippen LogP contribution is -2.57. The van der Waals surface area contributed by atoms with Crippen molar-refractivity contribution in [1.29, 1.82) is 0 Å². The fourth-order valence-corrected chi connectivity index (χ4v) is 2.54. The lowest BCUT2D eigenvalue weighted by Gasteiger charge is -2.33. The number of carbonyl (C=O) groups is 2. The number of carboxylic acids is 1. The van der Waals surface area contributed by atoms with Crippen LogP contribution in [0.1, 0.15) is 47.0 Å². The second kappa shape index (κ2) is 6.43. The summed E-state index contributed by atoms with van der Waals surface area (Å²) in [6.45, 7) is 8.05. The van der Waals surface area contributed by atoms with Gasteiger partial charge in [0.05, 0.1) is 19.3 Å².